The largest absolute Gasteiger partial charge is 0.348 e. The van der Waals surface area contributed by atoms with Crippen LogP contribution in [-0.2, 0) is 0 Å². The van der Waals surface area contributed by atoms with E-state index in [-0.39, 0.29) is 24.4 Å². The monoisotopic (exact) mass is 254 g/mol. The van der Waals surface area contributed by atoms with Crippen molar-refractivity contribution in [2.45, 2.75) is 26.3 Å². The molecular weight excluding hydrogens is 236 g/mol. The minimum atomic E-state index is 0. The van der Waals surface area contributed by atoms with E-state index in [1.165, 1.54) is 5.56 Å². The lowest BCUT2D eigenvalue weighted by atomic mass is 10.0. The third kappa shape index (κ3) is 3.45. The van der Waals surface area contributed by atoms with Gasteiger partial charge in [-0.1, -0.05) is 17.7 Å². The van der Waals surface area contributed by atoms with Crippen molar-refractivity contribution in [1.82, 2.24) is 10.6 Å². The molecule has 17 heavy (non-hydrogen) atoms. The summed E-state index contributed by atoms with van der Waals surface area (Å²) in [6.07, 6.45) is 1.02. The molecule has 1 aromatic carbocycles. The predicted octanol–water partition coefficient (Wildman–Crippen LogP) is 1.82. The van der Waals surface area contributed by atoms with E-state index in [0.717, 1.165) is 30.6 Å². The Morgan fingerprint density at radius 1 is 1.41 bits per heavy atom. The summed E-state index contributed by atoms with van der Waals surface area (Å²) in [4.78, 5) is 12.0. The number of rotatable bonds is 2. The fourth-order valence-corrected chi connectivity index (χ4v) is 2.11. The number of nitrogens with one attached hydrogen (secondary N) is 2. The maximum Gasteiger partial charge on any atom is 0.251 e. The van der Waals surface area contributed by atoms with Gasteiger partial charge < -0.3 is 10.6 Å². The smallest absolute Gasteiger partial charge is 0.251 e. The average Bonchev–Trinajstić information content (AvgIpc) is 2.70. The first kappa shape index (κ1) is 14.0. The molecular formula is C13H19ClN2O. The zero-order valence-electron chi connectivity index (χ0n) is 10.2. The summed E-state index contributed by atoms with van der Waals surface area (Å²) in [7, 11) is 0. The van der Waals surface area contributed by atoms with E-state index < -0.39 is 0 Å². The van der Waals surface area contributed by atoms with Crippen molar-refractivity contribution in [1.29, 1.82) is 0 Å². The first-order valence-corrected chi connectivity index (χ1v) is 5.75. The second-order valence-electron chi connectivity index (χ2n) is 4.48. The third-order valence-electron chi connectivity index (χ3n) is 3.02. The highest BCUT2D eigenvalue weighted by Crippen LogP contribution is 2.11. The van der Waals surface area contributed by atoms with Crippen LogP contribution in [0.3, 0.4) is 0 Å². The second-order valence-corrected chi connectivity index (χ2v) is 4.48. The lowest BCUT2D eigenvalue weighted by molar-refractivity contribution is 0.0939. The van der Waals surface area contributed by atoms with E-state index in [1.807, 2.05) is 32.0 Å². The molecule has 1 fully saturated rings. The van der Waals surface area contributed by atoms with Crippen LogP contribution in [0.15, 0.2) is 18.2 Å². The lowest BCUT2D eigenvalue weighted by Gasteiger charge is -2.13. The van der Waals surface area contributed by atoms with E-state index in [0.29, 0.717) is 0 Å². The standard InChI is InChI=1S/C13H18N2O.ClH/c1-9-3-4-12(10(2)7-9)13(16)15-11-5-6-14-8-11;/h3-4,7,11,14H,5-6,8H2,1-2H3,(H,15,16);1H. The van der Waals surface area contributed by atoms with Crippen molar-refractivity contribution in [2.75, 3.05) is 13.1 Å². The number of carbonyl (C=O) groups excluding carboxylic acids is 1. The van der Waals surface area contributed by atoms with E-state index in [4.69, 9.17) is 0 Å². The maximum atomic E-state index is 12.0. The molecule has 2 N–H and O–H groups in total. The van der Waals surface area contributed by atoms with Crippen molar-refractivity contribution >= 4 is 18.3 Å². The number of amides is 1. The fourth-order valence-electron chi connectivity index (χ4n) is 2.11. The van der Waals surface area contributed by atoms with Crippen LogP contribution >= 0.6 is 12.4 Å². The van der Waals surface area contributed by atoms with Gasteiger partial charge in [0, 0.05) is 18.2 Å². The normalized spacial score (nSPS) is 18.6. The highest BCUT2D eigenvalue weighted by atomic mass is 35.5. The number of hydrogen-bond donors (Lipinski definition) is 2. The molecule has 1 unspecified atom stereocenters. The van der Waals surface area contributed by atoms with E-state index in [9.17, 15) is 4.79 Å². The van der Waals surface area contributed by atoms with Gasteiger partial charge in [-0.2, -0.15) is 0 Å². The Kier molecular flexibility index (Phi) is 4.97. The van der Waals surface area contributed by atoms with Crippen LogP contribution in [0.25, 0.3) is 0 Å². The van der Waals surface area contributed by atoms with Gasteiger partial charge in [0.15, 0.2) is 0 Å². The molecule has 0 bridgehead atoms. The molecule has 2 rings (SSSR count). The zero-order chi connectivity index (χ0) is 11.5. The summed E-state index contributed by atoms with van der Waals surface area (Å²) in [6, 6.07) is 6.21. The Bertz CT molecular complexity index is 400. The van der Waals surface area contributed by atoms with Crippen molar-refractivity contribution in [2.24, 2.45) is 0 Å². The minimum Gasteiger partial charge on any atom is -0.348 e. The molecule has 0 saturated carbocycles. The SMILES string of the molecule is Cc1ccc(C(=O)NC2CCNC2)c(C)c1.Cl. The molecule has 1 heterocycles. The van der Waals surface area contributed by atoms with Crippen LogP contribution in [-0.4, -0.2) is 25.0 Å². The summed E-state index contributed by atoms with van der Waals surface area (Å²) in [6.45, 7) is 5.90. The predicted molar refractivity (Wildman–Crippen MR) is 71.9 cm³/mol. The molecule has 1 aliphatic rings. The molecule has 1 aliphatic heterocycles. The summed E-state index contributed by atoms with van der Waals surface area (Å²) in [5.41, 5.74) is 3.03. The molecule has 4 heteroatoms. The van der Waals surface area contributed by atoms with Crippen molar-refractivity contribution < 1.29 is 4.79 Å². The van der Waals surface area contributed by atoms with E-state index >= 15 is 0 Å². The van der Waals surface area contributed by atoms with Crippen LogP contribution in [0.2, 0.25) is 0 Å². The van der Waals surface area contributed by atoms with Gasteiger partial charge in [0.1, 0.15) is 0 Å². The number of hydrogen-bond acceptors (Lipinski definition) is 2. The van der Waals surface area contributed by atoms with Gasteiger partial charge >= 0.3 is 0 Å². The Morgan fingerprint density at radius 2 is 2.18 bits per heavy atom. The Morgan fingerprint density at radius 3 is 2.76 bits per heavy atom. The second kappa shape index (κ2) is 6.03. The Labute approximate surface area is 108 Å². The number of carbonyl (C=O) groups is 1. The Balaban J connectivity index is 0.00000144. The summed E-state index contributed by atoms with van der Waals surface area (Å²) in [5.74, 6) is 0.0474. The van der Waals surface area contributed by atoms with Gasteiger partial charge in [0.2, 0.25) is 0 Å². The molecule has 1 amide bonds. The van der Waals surface area contributed by atoms with Crippen LogP contribution in [0.1, 0.15) is 27.9 Å². The van der Waals surface area contributed by atoms with Crippen LogP contribution in [0.5, 0.6) is 0 Å². The molecule has 0 aliphatic carbocycles. The van der Waals surface area contributed by atoms with Gasteiger partial charge in [-0.05, 0) is 38.4 Å². The molecule has 3 nitrogen and oxygen atoms in total. The van der Waals surface area contributed by atoms with Crippen LogP contribution in [0, 0.1) is 13.8 Å². The minimum absolute atomic E-state index is 0. The van der Waals surface area contributed by atoms with Crippen LogP contribution in [0.4, 0.5) is 0 Å². The molecule has 0 radical (unpaired) electrons. The van der Waals surface area contributed by atoms with Gasteiger partial charge in [-0.15, -0.1) is 12.4 Å². The first-order chi connectivity index (χ1) is 7.66. The highest BCUT2D eigenvalue weighted by Gasteiger charge is 2.18. The fraction of sp³-hybridized carbons (Fsp3) is 0.462. The summed E-state index contributed by atoms with van der Waals surface area (Å²) in [5, 5.41) is 6.29. The Hall–Kier alpha value is -1.06. The quantitative estimate of drug-likeness (QED) is 0.845. The number of aryl methyl sites for hydroxylation is 2. The van der Waals surface area contributed by atoms with Crippen molar-refractivity contribution in [3.63, 3.8) is 0 Å². The first-order valence-electron chi connectivity index (χ1n) is 5.75. The van der Waals surface area contributed by atoms with E-state index in [2.05, 4.69) is 10.6 Å². The number of benzene rings is 1. The molecule has 1 saturated heterocycles. The third-order valence-corrected chi connectivity index (χ3v) is 3.02. The van der Waals surface area contributed by atoms with Gasteiger partial charge in [-0.3, -0.25) is 4.79 Å². The van der Waals surface area contributed by atoms with Crippen molar-refractivity contribution in [3.05, 3.63) is 34.9 Å². The van der Waals surface area contributed by atoms with Gasteiger partial charge in [0.05, 0.1) is 0 Å². The number of halogens is 1. The average molecular weight is 255 g/mol. The molecule has 1 aromatic rings. The summed E-state index contributed by atoms with van der Waals surface area (Å²) >= 11 is 0. The zero-order valence-corrected chi connectivity index (χ0v) is 11.1. The summed E-state index contributed by atoms with van der Waals surface area (Å²) < 4.78 is 0. The highest BCUT2D eigenvalue weighted by molar-refractivity contribution is 5.95. The maximum absolute atomic E-state index is 12.0. The van der Waals surface area contributed by atoms with E-state index in [1.54, 1.807) is 0 Å². The lowest BCUT2D eigenvalue weighted by Crippen LogP contribution is -2.36. The molecule has 1 atom stereocenters. The molecule has 0 spiro atoms. The molecule has 0 aromatic heterocycles. The van der Waals surface area contributed by atoms with Gasteiger partial charge in [-0.25, -0.2) is 0 Å². The van der Waals surface area contributed by atoms with Gasteiger partial charge in [0.25, 0.3) is 5.91 Å². The van der Waals surface area contributed by atoms with Crippen molar-refractivity contribution in [3.8, 4) is 0 Å². The van der Waals surface area contributed by atoms with Crippen LogP contribution < -0.4 is 10.6 Å². The molecule has 94 valence electrons. The topological polar surface area (TPSA) is 41.1 Å².